The van der Waals surface area contributed by atoms with Crippen LogP contribution in [-0.2, 0) is 12.8 Å². The molecule has 1 aromatic heterocycles. The van der Waals surface area contributed by atoms with E-state index in [0.29, 0.717) is 28.1 Å². The lowest BCUT2D eigenvalue weighted by Crippen LogP contribution is -2.18. The number of carbonyl (C=O) groups is 1. The maximum absolute atomic E-state index is 11.7. The first-order valence-electron chi connectivity index (χ1n) is 6.83. The Labute approximate surface area is 117 Å². The minimum atomic E-state index is -0.868. The van der Waals surface area contributed by atoms with Crippen molar-refractivity contribution in [2.24, 2.45) is 5.92 Å². The Kier molecular flexibility index (Phi) is 3.08. The van der Waals surface area contributed by atoms with E-state index < -0.39 is 5.97 Å². The fraction of sp³-hybridized carbons (Fsp3) is 0.375. The lowest BCUT2D eigenvalue weighted by molar-refractivity contribution is 0.0697. The van der Waals surface area contributed by atoms with Gasteiger partial charge in [0.2, 0.25) is 0 Å². The molecule has 2 aromatic rings. The van der Waals surface area contributed by atoms with Crippen molar-refractivity contribution in [3.05, 3.63) is 35.0 Å². The van der Waals surface area contributed by atoms with E-state index in [1.807, 2.05) is 0 Å². The number of nitrogens with zero attached hydrogens (tertiary/aromatic N) is 1. The molecule has 104 valence electrons. The van der Waals surface area contributed by atoms with Gasteiger partial charge in [-0.2, -0.15) is 0 Å². The van der Waals surface area contributed by atoms with Crippen LogP contribution < -0.4 is 4.74 Å². The summed E-state index contributed by atoms with van der Waals surface area (Å²) in [5, 5.41) is 10.3. The van der Waals surface area contributed by atoms with Gasteiger partial charge in [0.25, 0.3) is 0 Å². The van der Waals surface area contributed by atoms with E-state index in [9.17, 15) is 9.90 Å². The number of carboxylic acids is 1. The Morgan fingerprint density at radius 1 is 1.45 bits per heavy atom. The summed E-state index contributed by atoms with van der Waals surface area (Å²) in [5.41, 5.74) is 2.96. The van der Waals surface area contributed by atoms with E-state index in [0.717, 1.165) is 30.5 Å². The van der Waals surface area contributed by atoms with Crippen LogP contribution in [0.5, 0.6) is 5.75 Å². The Morgan fingerprint density at radius 2 is 2.25 bits per heavy atom. The highest BCUT2D eigenvalue weighted by molar-refractivity contribution is 6.04. The molecular weight excluding hydrogens is 254 g/mol. The molecule has 1 heterocycles. The molecule has 0 spiro atoms. The van der Waals surface area contributed by atoms with E-state index in [2.05, 4.69) is 11.9 Å². The average molecular weight is 271 g/mol. The lowest BCUT2D eigenvalue weighted by atomic mass is 9.84. The number of carboxylic acid groups (broad SMARTS) is 1. The van der Waals surface area contributed by atoms with Crippen LogP contribution in [0.25, 0.3) is 10.9 Å². The fourth-order valence-corrected chi connectivity index (χ4v) is 2.97. The van der Waals surface area contributed by atoms with Crippen molar-refractivity contribution < 1.29 is 14.6 Å². The van der Waals surface area contributed by atoms with Gasteiger partial charge in [0.15, 0.2) is 0 Å². The molecule has 0 bridgehead atoms. The molecule has 3 rings (SSSR count). The topological polar surface area (TPSA) is 59.4 Å². The zero-order valence-electron chi connectivity index (χ0n) is 11.6. The van der Waals surface area contributed by atoms with Crippen molar-refractivity contribution in [3.8, 4) is 5.75 Å². The number of rotatable bonds is 2. The van der Waals surface area contributed by atoms with Gasteiger partial charge in [0, 0.05) is 17.1 Å². The van der Waals surface area contributed by atoms with Gasteiger partial charge < -0.3 is 9.84 Å². The SMILES string of the molecule is COc1ccc2c(C(=O)O)c3c(nc2c1)CCC(C)C3. The maximum atomic E-state index is 11.7. The number of hydrogen-bond acceptors (Lipinski definition) is 3. The van der Waals surface area contributed by atoms with Crippen molar-refractivity contribution in [1.82, 2.24) is 4.98 Å². The van der Waals surface area contributed by atoms with Crippen LogP contribution in [0.1, 0.15) is 35.0 Å². The van der Waals surface area contributed by atoms with Crippen molar-refractivity contribution in [3.63, 3.8) is 0 Å². The van der Waals surface area contributed by atoms with Crippen molar-refractivity contribution >= 4 is 16.9 Å². The summed E-state index contributed by atoms with van der Waals surface area (Å²) in [6.07, 6.45) is 2.71. The maximum Gasteiger partial charge on any atom is 0.336 e. The highest BCUT2D eigenvalue weighted by Gasteiger charge is 2.25. The average Bonchev–Trinajstić information content (AvgIpc) is 2.43. The lowest BCUT2D eigenvalue weighted by Gasteiger charge is -2.23. The van der Waals surface area contributed by atoms with Gasteiger partial charge in [-0.15, -0.1) is 0 Å². The molecule has 0 radical (unpaired) electrons. The van der Waals surface area contributed by atoms with Gasteiger partial charge in [-0.25, -0.2) is 4.79 Å². The molecule has 0 amide bonds. The molecule has 1 aliphatic carbocycles. The monoisotopic (exact) mass is 271 g/mol. The van der Waals surface area contributed by atoms with Crippen molar-refractivity contribution in [2.45, 2.75) is 26.2 Å². The summed E-state index contributed by atoms with van der Waals surface area (Å²) in [4.78, 5) is 16.3. The first kappa shape index (κ1) is 12.9. The van der Waals surface area contributed by atoms with Crippen molar-refractivity contribution in [1.29, 1.82) is 0 Å². The Bertz CT molecular complexity index is 694. The van der Waals surface area contributed by atoms with E-state index in [1.165, 1.54) is 0 Å². The highest BCUT2D eigenvalue weighted by atomic mass is 16.5. The molecule has 20 heavy (non-hydrogen) atoms. The number of methoxy groups -OCH3 is 1. The number of fused-ring (bicyclic) bond motifs is 2. The Hall–Kier alpha value is -2.10. The van der Waals surface area contributed by atoms with E-state index >= 15 is 0 Å². The molecule has 4 heteroatoms. The predicted octanol–water partition coefficient (Wildman–Crippen LogP) is 3.07. The Morgan fingerprint density at radius 3 is 2.95 bits per heavy atom. The minimum absolute atomic E-state index is 0.416. The summed E-state index contributed by atoms with van der Waals surface area (Å²) >= 11 is 0. The van der Waals surface area contributed by atoms with Gasteiger partial charge in [-0.3, -0.25) is 4.98 Å². The number of aryl methyl sites for hydroxylation is 1. The molecule has 1 N–H and O–H groups in total. The molecule has 1 atom stereocenters. The second kappa shape index (κ2) is 4.78. The number of ether oxygens (including phenoxy) is 1. The summed E-state index contributed by atoms with van der Waals surface area (Å²) in [5.74, 6) is 0.344. The second-order valence-corrected chi connectivity index (χ2v) is 5.45. The van der Waals surface area contributed by atoms with E-state index in [-0.39, 0.29) is 0 Å². The van der Waals surface area contributed by atoms with Gasteiger partial charge in [0.05, 0.1) is 18.2 Å². The predicted molar refractivity (Wildman–Crippen MR) is 76.4 cm³/mol. The molecular formula is C16H17NO3. The van der Waals surface area contributed by atoms with Gasteiger partial charge in [-0.05, 0) is 42.9 Å². The zero-order valence-corrected chi connectivity index (χ0v) is 11.6. The Balaban J connectivity index is 2.32. The van der Waals surface area contributed by atoms with Crippen LogP contribution in [-0.4, -0.2) is 23.2 Å². The van der Waals surface area contributed by atoms with Gasteiger partial charge in [0.1, 0.15) is 5.75 Å². The second-order valence-electron chi connectivity index (χ2n) is 5.45. The molecule has 0 saturated carbocycles. The molecule has 1 aliphatic rings. The van der Waals surface area contributed by atoms with Gasteiger partial charge in [-0.1, -0.05) is 6.92 Å². The molecule has 0 saturated heterocycles. The third-order valence-corrected chi connectivity index (χ3v) is 4.02. The zero-order chi connectivity index (χ0) is 14.3. The van der Waals surface area contributed by atoms with Crippen LogP contribution in [0.4, 0.5) is 0 Å². The number of pyridine rings is 1. The molecule has 4 nitrogen and oxygen atoms in total. The number of hydrogen-bond donors (Lipinski definition) is 1. The number of aromatic carboxylic acids is 1. The van der Waals surface area contributed by atoms with E-state index in [1.54, 1.807) is 25.3 Å². The van der Waals surface area contributed by atoms with Gasteiger partial charge >= 0.3 is 5.97 Å². The quantitative estimate of drug-likeness (QED) is 0.912. The van der Waals surface area contributed by atoms with Crippen LogP contribution in [0.3, 0.4) is 0 Å². The minimum Gasteiger partial charge on any atom is -0.497 e. The summed E-state index contributed by atoms with van der Waals surface area (Å²) < 4.78 is 5.20. The number of benzene rings is 1. The normalized spacial score (nSPS) is 17.8. The third kappa shape index (κ3) is 2.01. The van der Waals surface area contributed by atoms with Crippen molar-refractivity contribution in [2.75, 3.05) is 7.11 Å². The largest absolute Gasteiger partial charge is 0.497 e. The smallest absolute Gasteiger partial charge is 0.336 e. The number of aromatic nitrogens is 1. The summed E-state index contributed by atoms with van der Waals surface area (Å²) in [6, 6.07) is 5.39. The summed E-state index contributed by atoms with van der Waals surface area (Å²) in [6.45, 7) is 2.16. The highest BCUT2D eigenvalue weighted by Crippen LogP contribution is 2.32. The molecule has 0 fully saturated rings. The molecule has 1 unspecified atom stereocenters. The first-order valence-corrected chi connectivity index (χ1v) is 6.83. The van der Waals surface area contributed by atoms with Crippen LogP contribution in [0, 0.1) is 5.92 Å². The molecule has 0 aliphatic heterocycles. The van der Waals surface area contributed by atoms with Crippen LogP contribution in [0.15, 0.2) is 18.2 Å². The molecule has 1 aromatic carbocycles. The third-order valence-electron chi connectivity index (χ3n) is 4.02. The first-order chi connectivity index (χ1) is 9.60. The van der Waals surface area contributed by atoms with Crippen LogP contribution in [0.2, 0.25) is 0 Å². The summed E-state index contributed by atoms with van der Waals surface area (Å²) in [7, 11) is 1.60. The fourth-order valence-electron chi connectivity index (χ4n) is 2.97. The standard InChI is InChI=1S/C16H17NO3/c1-9-3-6-13-12(7-9)15(16(18)19)11-5-4-10(20-2)8-14(11)17-13/h4-5,8-9H,3,6-7H2,1-2H3,(H,18,19). The van der Waals surface area contributed by atoms with E-state index in [4.69, 9.17) is 4.74 Å². The van der Waals surface area contributed by atoms with Crippen LogP contribution >= 0.6 is 0 Å².